The molecule has 6 heteroatoms. The Hall–Kier alpha value is -1.92. The smallest absolute Gasteiger partial charge is 0.322 e. The lowest BCUT2D eigenvalue weighted by Gasteiger charge is -2.47. The number of methoxy groups -OCH3 is 2. The van der Waals surface area contributed by atoms with Crippen LogP contribution in [-0.4, -0.2) is 31.5 Å². The van der Waals surface area contributed by atoms with Crippen LogP contribution in [0.4, 0.5) is 0 Å². The highest BCUT2D eigenvalue weighted by Gasteiger charge is 2.56. The molecule has 1 fully saturated rings. The number of thioether (sulfide) groups is 1. The Morgan fingerprint density at radius 2 is 1.85 bits per heavy atom. The topological polar surface area (TPSA) is 44.8 Å². The van der Waals surface area contributed by atoms with Crippen molar-refractivity contribution in [2.24, 2.45) is 0 Å². The highest BCUT2D eigenvalue weighted by atomic mass is 79.9. The Morgan fingerprint density at radius 1 is 1.11 bits per heavy atom. The van der Waals surface area contributed by atoms with Crippen LogP contribution in [0, 0.1) is 0 Å². The average molecular weight is 447 g/mol. The highest BCUT2D eigenvalue weighted by molar-refractivity contribution is 9.11. The molecular formula is C21H19BrO4S. The number of rotatable bonds is 5. The number of carbonyl (C=O) groups is 1. The fourth-order valence-corrected chi connectivity index (χ4v) is 5.74. The van der Waals surface area contributed by atoms with Crippen LogP contribution >= 0.6 is 27.7 Å². The van der Waals surface area contributed by atoms with Gasteiger partial charge in [-0.2, -0.15) is 0 Å². The van der Waals surface area contributed by atoms with E-state index in [0.717, 1.165) is 21.4 Å². The molecule has 2 aliphatic heterocycles. The summed E-state index contributed by atoms with van der Waals surface area (Å²) in [6.07, 6.45) is 2.53. The molecule has 1 aliphatic carbocycles. The Morgan fingerprint density at radius 3 is 2.56 bits per heavy atom. The van der Waals surface area contributed by atoms with Gasteiger partial charge in [-0.1, -0.05) is 40.2 Å². The quantitative estimate of drug-likeness (QED) is 0.622. The van der Waals surface area contributed by atoms with Crippen molar-refractivity contribution in [3.8, 4) is 11.5 Å². The minimum absolute atomic E-state index is 0.0190. The van der Waals surface area contributed by atoms with Gasteiger partial charge in [0.15, 0.2) is 11.5 Å². The first-order chi connectivity index (χ1) is 13.1. The van der Waals surface area contributed by atoms with Gasteiger partial charge in [-0.25, -0.2) is 0 Å². The van der Waals surface area contributed by atoms with E-state index in [2.05, 4.69) is 28.1 Å². The molecule has 2 heterocycles. The van der Waals surface area contributed by atoms with Crippen molar-refractivity contribution in [1.82, 2.24) is 0 Å². The molecule has 2 bridgehead atoms. The zero-order valence-corrected chi connectivity index (χ0v) is 17.4. The number of ether oxygens (including phenoxy) is 3. The molecule has 2 aromatic carbocycles. The van der Waals surface area contributed by atoms with Gasteiger partial charge in [0.05, 0.1) is 14.2 Å². The maximum absolute atomic E-state index is 13.1. The molecule has 2 aromatic rings. The van der Waals surface area contributed by atoms with Crippen molar-refractivity contribution >= 4 is 33.7 Å². The molecule has 0 spiro atoms. The summed E-state index contributed by atoms with van der Waals surface area (Å²) < 4.78 is 17.5. The lowest BCUT2D eigenvalue weighted by Crippen LogP contribution is -2.55. The van der Waals surface area contributed by atoms with Gasteiger partial charge < -0.3 is 14.2 Å². The molecule has 3 aliphatic rings. The van der Waals surface area contributed by atoms with Crippen LogP contribution < -0.4 is 9.47 Å². The molecule has 5 rings (SSSR count). The zero-order valence-electron chi connectivity index (χ0n) is 15.0. The Balaban J connectivity index is 1.83. The van der Waals surface area contributed by atoms with Crippen LogP contribution in [0.2, 0.25) is 0 Å². The summed E-state index contributed by atoms with van der Waals surface area (Å²) in [5.74, 6) is 1.01. The number of halogens is 1. The van der Waals surface area contributed by atoms with Crippen molar-refractivity contribution in [3.05, 3.63) is 64.7 Å². The van der Waals surface area contributed by atoms with E-state index in [9.17, 15) is 4.79 Å². The van der Waals surface area contributed by atoms with Crippen LogP contribution in [0.3, 0.4) is 0 Å². The molecule has 0 unspecified atom stereocenters. The number of fused-ring (bicyclic) bond motifs is 2. The summed E-state index contributed by atoms with van der Waals surface area (Å²) in [6, 6.07) is 15.8. The first-order valence-electron chi connectivity index (χ1n) is 8.62. The zero-order chi connectivity index (χ0) is 19.0. The van der Waals surface area contributed by atoms with Crippen molar-refractivity contribution in [3.63, 3.8) is 0 Å². The second-order valence-electron chi connectivity index (χ2n) is 6.52. The number of benzene rings is 2. The van der Waals surface area contributed by atoms with Crippen LogP contribution in [0.15, 0.2) is 64.0 Å². The molecule has 0 saturated carbocycles. The van der Waals surface area contributed by atoms with Crippen LogP contribution in [0.1, 0.15) is 12.0 Å². The van der Waals surface area contributed by atoms with Crippen molar-refractivity contribution in [2.75, 3.05) is 14.2 Å². The third-order valence-electron chi connectivity index (χ3n) is 5.08. The van der Waals surface area contributed by atoms with E-state index in [-0.39, 0.29) is 17.3 Å². The normalized spacial score (nSPS) is 26.3. The average Bonchev–Trinajstić information content (AvgIpc) is 2.69. The molecule has 4 nitrogen and oxygen atoms in total. The van der Waals surface area contributed by atoms with Crippen molar-refractivity contribution in [1.29, 1.82) is 0 Å². The number of hydrogen-bond donors (Lipinski definition) is 0. The van der Waals surface area contributed by atoms with E-state index in [1.54, 1.807) is 26.0 Å². The third-order valence-corrected chi connectivity index (χ3v) is 7.21. The molecule has 0 aromatic heterocycles. The maximum Gasteiger partial charge on any atom is 0.322 e. The summed E-state index contributed by atoms with van der Waals surface area (Å²) in [5.41, 5.74) is -0.0399. The van der Waals surface area contributed by atoms with Gasteiger partial charge in [0.25, 0.3) is 0 Å². The van der Waals surface area contributed by atoms with Crippen LogP contribution in [0.5, 0.6) is 11.5 Å². The maximum atomic E-state index is 13.1. The monoisotopic (exact) mass is 446 g/mol. The van der Waals surface area contributed by atoms with Gasteiger partial charge in [-0.05, 0) is 35.9 Å². The molecule has 1 saturated heterocycles. The predicted octanol–water partition coefficient (Wildman–Crippen LogP) is 4.71. The van der Waals surface area contributed by atoms with E-state index >= 15 is 0 Å². The van der Waals surface area contributed by atoms with Gasteiger partial charge in [-0.3, -0.25) is 4.79 Å². The minimum Gasteiger partial charge on any atom is -0.493 e. The molecule has 140 valence electrons. The minimum atomic E-state index is -0.881. The fraction of sp³-hybridized carbons (Fsp3) is 0.286. The Labute approximate surface area is 171 Å². The van der Waals surface area contributed by atoms with Gasteiger partial charge in [0, 0.05) is 21.0 Å². The number of hydrogen-bond acceptors (Lipinski definition) is 5. The van der Waals surface area contributed by atoms with E-state index in [1.165, 1.54) is 0 Å². The Kier molecular flexibility index (Phi) is 4.95. The first-order valence-corrected chi connectivity index (χ1v) is 10.3. The van der Waals surface area contributed by atoms with E-state index < -0.39 is 5.41 Å². The van der Waals surface area contributed by atoms with Gasteiger partial charge in [-0.15, -0.1) is 11.8 Å². The highest BCUT2D eigenvalue weighted by Crippen LogP contribution is 2.53. The predicted molar refractivity (Wildman–Crippen MR) is 109 cm³/mol. The summed E-state index contributed by atoms with van der Waals surface area (Å²) in [4.78, 5) is 14.2. The third kappa shape index (κ3) is 3.05. The van der Waals surface area contributed by atoms with Gasteiger partial charge in [0.1, 0.15) is 11.5 Å². The lowest BCUT2D eigenvalue weighted by atomic mass is 9.70. The summed E-state index contributed by atoms with van der Waals surface area (Å²) in [7, 11) is 3.19. The lowest BCUT2D eigenvalue weighted by molar-refractivity contribution is -0.159. The fourth-order valence-electron chi connectivity index (χ4n) is 3.70. The molecule has 0 amide bonds. The second kappa shape index (κ2) is 7.24. The number of carbonyl (C=O) groups excluding carboxylic acids is 1. The Bertz CT molecular complexity index is 898. The SMILES string of the molecule is COc1ccc([C@@]23C=C(Br)[C@@H](C[C@H]2Sc2ccccc2)OC3=O)cc1OC. The van der Waals surface area contributed by atoms with E-state index in [4.69, 9.17) is 14.2 Å². The molecule has 0 radical (unpaired) electrons. The summed E-state index contributed by atoms with van der Waals surface area (Å²) >= 11 is 5.31. The van der Waals surface area contributed by atoms with E-state index in [0.29, 0.717) is 11.5 Å². The van der Waals surface area contributed by atoms with E-state index in [1.807, 2.05) is 42.5 Å². The van der Waals surface area contributed by atoms with Crippen LogP contribution in [0.25, 0.3) is 0 Å². The molecule has 3 atom stereocenters. The van der Waals surface area contributed by atoms with Gasteiger partial charge >= 0.3 is 5.97 Å². The van der Waals surface area contributed by atoms with Crippen LogP contribution in [-0.2, 0) is 14.9 Å². The van der Waals surface area contributed by atoms with Crippen molar-refractivity contribution in [2.45, 2.75) is 28.1 Å². The largest absolute Gasteiger partial charge is 0.493 e. The molecule has 27 heavy (non-hydrogen) atoms. The standard InChI is InChI=1S/C21H19BrO4S/c1-24-16-9-8-13(10-18(16)25-2)21-12-15(22)17(26-20(21)23)11-19(21)27-14-6-4-3-5-7-14/h3-10,12,17,19H,11H2,1-2H3/t17-,19-,21+/m1/s1. The molecule has 0 N–H and O–H groups in total. The van der Waals surface area contributed by atoms with Crippen molar-refractivity contribution < 1.29 is 19.0 Å². The summed E-state index contributed by atoms with van der Waals surface area (Å²) in [5, 5.41) is 0.0190. The first kappa shape index (κ1) is 18.4. The molecular weight excluding hydrogens is 428 g/mol. The number of esters is 1. The second-order valence-corrected chi connectivity index (χ2v) is 8.71. The summed E-state index contributed by atoms with van der Waals surface area (Å²) in [6.45, 7) is 0. The van der Waals surface area contributed by atoms with Gasteiger partial charge in [0.2, 0.25) is 0 Å².